The van der Waals surface area contributed by atoms with Gasteiger partial charge in [-0.3, -0.25) is 19.2 Å². The molecule has 312 valence electrons. The minimum atomic E-state index is -0.577. The smallest absolute Gasteiger partial charge is 0.311 e. The van der Waals surface area contributed by atoms with Crippen molar-refractivity contribution in [1.82, 2.24) is 0 Å². The maximum Gasteiger partial charge on any atom is 0.311 e. The Bertz CT molecular complexity index is 1120. The van der Waals surface area contributed by atoms with E-state index in [0.717, 1.165) is 83.0 Å². The molecule has 0 aromatic heterocycles. The largest absolute Gasteiger partial charge is 0.481 e. The second-order valence-electron chi connectivity index (χ2n) is 18.6. The highest BCUT2D eigenvalue weighted by Crippen LogP contribution is 2.54. The third kappa shape index (κ3) is 15.9. The summed E-state index contributed by atoms with van der Waals surface area (Å²) in [5, 5.41) is 9.13. The van der Waals surface area contributed by atoms with Crippen LogP contribution in [0.2, 0.25) is 0 Å². The Labute approximate surface area is 330 Å². The molecule has 0 heterocycles. The topological polar surface area (TPSA) is 107 Å². The summed E-state index contributed by atoms with van der Waals surface area (Å²) in [6.07, 6.45) is 41.3. The molecule has 0 spiro atoms. The van der Waals surface area contributed by atoms with Crippen LogP contribution in [0.25, 0.3) is 0 Å². The molecule has 0 aromatic rings. The number of carboxylic acid groups (broad SMARTS) is 1. The fraction of sp³-hybridized carbons (Fsp3) is 0.915. The van der Waals surface area contributed by atoms with Gasteiger partial charge in [-0.1, -0.05) is 136 Å². The van der Waals surface area contributed by atoms with Crippen LogP contribution in [0.5, 0.6) is 0 Å². The molecule has 5 fully saturated rings. The lowest BCUT2D eigenvalue weighted by atomic mass is 9.90. The van der Waals surface area contributed by atoms with E-state index in [0.29, 0.717) is 5.78 Å². The van der Waals surface area contributed by atoms with Crippen LogP contribution < -0.4 is 0 Å². The zero-order valence-electron chi connectivity index (χ0n) is 34.2. The Balaban J connectivity index is 0.000000287. The van der Waals surface area contributed by atoms with Gasteiger partial charge in [-0.15, -0.1) is 0 Å². The summed E-state index contributed by atoms with van der Waals surface area (Å²) >= 11 is 0. The molecule has 0 aromatic carbocycles. The van der Waals surface area contributed by atoms with Crippen LogP contribution in [0, 0.1) is 27.6 Å². The van der Waals surface area contributed by atoms with E-state index in [4.69, 9.17) is 14.6 Å². The number of ketones is 1. The van der Waals surface area contributed by atoms with E-state index in [1.807, 2.05) is 0 Å². The van der Waals surface area contributed by atoms with Gasteiger partial charge in [0.15, 0.2) is 0 Å². The van der Waals surface area contributed by atoms with Crippen molar-refractivity contribution in [2.75, 3.05) is 14.2 Å². The number of hydrogen-bond acceptors (Lipinski definition) is 6. The molecule has 0 bridgehead atoms. The molecule has 5 aliphatic rings. The van der Waals surface area contributed by atoms with Crippen molar-refractivity contribution in [2.45, 2.75) is 232 Å². The normalized spacial score (nSPS) is 20.0. The highest BCUT2D eigenvalue weighted by Gasteiger charge is 2.51. The Morgan fingerprint density at radius 2 is 0.704 bits per heavy atom. The molecule has 7 nitrogen and oxygen atoms in total. The maximum absolute atomic E-state index is 12.4. The zero-order valence-corrected chi connectivity index (χ0v) is 34.2. The van der Waals surface area contributed by atoms with Crippen molar-refractivity contribution < 1.29 is 33.8 Å². The molecule has 0 aliphatic heterocycles. The third-order valence-corrected chi connectivity index (χ3v) is 14.0. The average Bonchev–Trinajstić information content (AvgIpc) is 3.95. The van der Waals surface area contributed by atoms with Gasteiger partial charge in [0.25, 0.3) is 0 Å². The number of esters is 2. The Hall–Kier alpha value is -1.92. The van der Waals surface area contributed by atoms with Crippen LogP contribution in [0.15, 0.2) is 0 Å². The number of ether oxygens (including phenoxy) is 2. The van der Waals surface area contributed by atoms with Crippen LogP contribution in [0.3, 0.4) is 0 Å². The zero-order chi connectivity index (χ0) is 38.0. The molecular weight excluding hydrogens is 677 g/mol. The van der Waals surface area contributed by atoms with Gasteiger partial charge in [-0.2, -0.15) is 0 Å². The van der Waals surface area contributed by atoms with Crippen LogP contribution >= 0.6 is 0 Å². The number of aliphatic carboxylic acids is 1. The van der Waals surface area contributed by atoms with Crippen LogP contribution in [-0.4, -0.2) is 43.0 Å². The summed E-state index contributed by atoms with van der Waals surface area (Å²) in [4.78, 5) is 46.8. The second kappa shape index (κ2) is 23.3. The van der Waals surface area contributed by atoms with E-state index in [1.54, 1.807) is 0 Å². The number of carbonyl (C=O) groups is 4. The molecule has 0 radical (unpaired) electrons. The van der Waals surface area contributed by atoms with Gasteiger partial charge >= 0.3 is 17.9 Å². The highest BCUT2D eigenvalue weighted by molar-refractivity contribution is 5.87. The number of hydrogen-bond donors (Lipinski definition) is 1. The molecule has 54 heavy (non-hydrogen) atoms. The molecule has 5 rings (SSSR count). The van der Waals surface area contributed by atoms with E-state index >= 15 is 0 Å². The van der Waals surface area contributed by atoms with Crippen molar-refractivity contribution in [3.8, 4) is 0 Å². The number of unbranched alkanes of at least 4 members (excludes halogenated alkanes) is 18. The van der Waals surface area contributed by atoms with Gasteiger partial charge < -0.3 is 14.6 Å². The molecule has 0 amide bonds. The minimum absolute atomic E-state index is 0. The first kappa shape index (κ1) is 46.5. The lowest BCUT2D eigenvalue weighted by Crippen LogP contribution is -2.17. The molecule has 0 saturated heterocycles. The van der Waals surface area contributed by atoms with Gasteiger partial charge in [-0.05, 0) is 95.8 Å². The van der Waals surface area contributed by atoms with E-state index in [9.17, 15) is 19.2 Å². The quantitative estimate of drug-likeness (QED) is 0.0537. The summed E-state index contributed by atoms with van der Waals surface area (Å²) < 4.78 is 9.82. The summed E-state index contributed by atoms with van der Waals surface area (Å²) in [6, 6.07) is 0. The highest BCUT2D eigenvalue weighted by atomic mass is 16.5. The summed E-state index contributed by atoms with van der Waals surface area (Å²) in [6.45, 7) is 0. The Kier molecular flexibility index (Phi) is 20.1. The summed E-state index contributed by atoms with van der Waals surface area (Å²) in [7, 11) is 3.01. The maximum atomic E-state index is 12.4. The van der Waals surface area contributed by atoms with Crippen molar-refractivity contribution in [3.05, 3.63) is 0 Å². The Morgan fingerprint density at radius 3 is 0.944 bits per heavy atom. The number of rotatable bonds is 32. The minimum Gasteiger partial charge on any atom is -0.481 e. The molecule has 5 saturated carbocycles. The average molecular weight is 759 g/mol. The summed E-state index contributed by atoms with van der Waals surface area (Å²) in [5.41, 5.74) is -0.368. The SMILES string of the molecule is C.COC(=O)C1(CCCCCCCCCCCCC2(C(=O)CC3CC3)CC2)CC1.COC(=O)C1(CCCCCCCCCCCCC2(C(=O)O)CC2)CC1. The van der Waals surface area contributed by atoms with Crippen LogP contribution in [0.4, 0.5) is 0 Å². The molecule has 7 heteroatoms. The van der Waals surface area contributed by atoms with Crippen LogP contribution in [-0.2, 0) is 28.7 Å². The van der Waals surface area contributed by atoms with E-state index in [1.165, 1.54) is 162 Å². The molecule has 1 N–H and O–H groups in total. The summed E-state index contributed by atoms with van der Waals surface area (Å²) in [5.74, 6) is 0.810. The van der Waals surface area contributed by atoms with Crippen molar-refractivity contribution in [3.63, 3.8) is 0 Å². The van der Waals surface area contributed by atoms with Gasteiger partial charge in [0.2, 0.25) is 0 Å². The van der Waals surface area contributed by atoms with Crippen molar-refractivity contribution in [1.29, 1.82) is 0 Å². The fourth-order valence-electron chi connectivity index (χ4n) is 8.87. The fourth-order valence-corrected chi connectivity index (χ4v) is 8.87. The molecule has 0 unspecified atom stereocenters. The van der Waals surface area contributed by atoms with Gasteiger partial charge in [0.05, 0.1) is 30.5 Å². The number of carbonyl (C=O) groups excluding carboxylic acids is 3. The lowest BCUT2D eigenvalue weighted by Gasteiger charge is -2.13. The third-order valence-electron chi connectivity index (χ3n) is 14.0. The number of methoxy groups -OCH3 is 2. The number of Topliss-reactive ketones (excluding diaryl/α,β-unsaturated/α-hetero) is 1. The predicted octanol–water partition coefficient (Wildman–Crippen LogP) is 12.9. The standard InChI is InChI=1S/C25H42O3.C21H36O4.CH4/c1-28-23(27)25(18-19-25)15-11-9-7-5-3-2-4-6-8-10-14-24(16-17-24)22(26)20-21-12-13-21;1-25-19(24)21(16-17-21)13-11-9-7-5-3-2-4-6-8-10-12-20(14-15-20)18(22)23;/h21H,2-20H2,1H3;2-17H2,1H3,(H,22,23);1H4. The first-order valence-corrected chi connectivity index (χ1v) is 22.6. The van der Waals surface area contributed by atoms with E-state index in [2.05, 4.69) is 0 Å². The molecule has 0 atom stereocenters. The number of carboxylic acids is 1. The Morgan fingerprint density at radius 1 is 0.444 bits per heavy atom. The molecular formula is C47H82O7. The monoisotopic (exact) mass is 759 g/mol. The van der Waals surface area contributed by atoms with Crippen LogP contribution in [0.1, 0.15) is 232 Å². The predicted molar refractivity (Wildman–Crippen MR) is 218 cm³/mol. The van der Waals surface area contributed by atoms with Crippen molar-refractivity contribution in [2.24, 2.45) is 27.6 Å². The first-order chi connectivity index (χ1) is 25.6. The lowest BCUT2D eigenvalue weighted by molar-refractivity contribution is -0.148. The second-order valence-corrected chi connectivity index (χ2v) is 18.6. The molecule has 5 aliphatic carbocycles. The van der Waals surface area contributed by atoms with Crippen molar-refractivity contribution >= 4 is 23.7 Å². The first-order valence-electron chi connectivity index (χ1n) is 22.6. The van der Waals surface area contributed by atoms with Gasteiger partial charge in [-0.25, -0.2) is 0 Å². The van der Waals surface area contributed by atoms with Gasteiger partial charge in [0.1, 0.15) is 5.78 Å². The van der Waals surface area contributed by atoms with E-state index in [-0.39, 0.29) is 41.0 Å². The van der Waals surface area contributed by atoms with Gasteiger partial charge in [0, 0.05) is 11.8 Å². The van der Waals surface area contributed by atoms with E-state index < -0.39 is 5.97 Å².